The van der Waals surface area contributed by atoms with Crippen LogP contribution in [-0.2, 0) is 4.74 Å². The maximum absolute atomic E-state index is 5.89. The minimum Gasteiger partial charge on any atom is -0.372 e. The van der Waals surface area contributed by atoms with Crippen LogP contribution in [0.3, 0.4) is 0 Å². The van der Waals surface area contributed by atoms with Crippen LogP contribution in [0, 0.1) is 0 Å². The highest BCUT2D eigenvalue weighted by Gasteiger charge is 2.27. The lowest BCUT2D eigenvalue weighted by atomic mass is 10.1. The molecule has 0 aromatic carbocycles. The molecule has 2 N–H and O–H groups in total. The van der Waals surface area contributed by atoms with Crippen LogP contribution in [0.4, 0.5) is 5.82 Å². The summed E-state index contributed by atoms with van der Waals surface area (Å²) in [7, 11) is 0. The smallest absolute Gasteiger partial charge is 0.128 e. The quantitative estimate of drug-likeness (QED) is 0.848. The van der Waals surface area contributed by atoms with Gasteiger partial charge in [0.05, 0.1) is 12.2 Å². The predicted molar refractivity (Wildman–Crippen MR) is 69.1 cm³/mol. The number of aromatic nitrogens is 1. The van der Waals surface area contributed by atoms with Crippen LogP contribution >= 0.6 is 0 Å². The summed E-state index contributed by atoms with van der Waals surface area (Å²) < 4.78 is 5.70. The van der Waals surface area contributed by atoms with Crippen molar-refractivity contribution >= 4 is 5.82 Å². The fourth-order valence-electron chi connectivity index (χ4n) is 2.10. The molecule has 1 aliphatic heterocycles. The van der Waals surface area contributed by atoms with E-state index in [1.807, 2.05) is 19.2 Å². The summed E-state index contributed by atoms with van der Waals surface area (Å²) in [6.45, 7) is 8.70. The third-order valence-corrected chi connectivity index (χ3v) is 3.04. The molecule has 1 aliphatic rings. The molecule has 1 saturated heterocycles. The second kappa shape index (κ2) is 4.63. The van der Waals surface area contributed by atoms with Gasteiger partial charge >= 0.3 is 0 Å². The van der Waals surface area contributed by atoms with Gasteiger partial charge < -0.3 is 15.4 Å². The van der Waals surface area contributed by atoms with Crippen molar-refractivity contribution in [2.75, 3.05) is 24.6 Å². The zero-order valence-electron chi connectivity index (χ0n) is 10.8. The second-order valence-electron chi connectivity index (χ2n) is 5.27. The van der Waals surface area contributed by atoms with E-state index in [2.05, 4.69) is 29.8 Å². The van der Waals surface area contributed by atoms with E-state index >= 15 is 0 Å². The fraction of sp³-hybridized carbons (Fsp3) is 0.615. The number of hydrogen-bond acceptors (Lipinski definition) is 4. The number of hydrogen-bond donors (Lipinski definition) is 1. The molecule has 0 saturated carbocycles. The van der Waals surface area contributed by atoms with Crippen molar-refractivity contribution in [2.24, 2.45) is 5.73 Å². The normalized spacial score (nSPS) is 21.3. The highest BCUT2D eigenvalue weighted by Crippen LogP contribution is 2.23. The first-order valence-electron chi connectivity index (χ1n) is 6.08. The Labute approximate surface area is 103 Å². The van der Waals surface area contributed by atoms with Crippen molar-refractivity contribution in [3.8, 4) is 0 Å². The molecule has 0 radical (unpaired) electrons. The molecule has 94 valence electrons. The third kappa shape index (κ3) is 2.96. The predicted octanol–water partition coefficient (Wildman–Crippen LogP) is 1.72. The molecular formula is C13H21N3O. The van der Waals surface area contributed by atoms with Gasteiger partial charge in [-0.1, -0.05) is 0 Å². The summed E-state index contributed by atoms with van der Waals surface area (Å²) in [6, 6.07) is 4.09. The summed E-state index contributed by atoms with van der Waals surface area (Å²) in [5.74, 6) is 0.996. The zero-order chi connectivity index (χ0) is 12.5. The molecule has 4 heteroatoms. The van der Waals surface area contributed by atoms with Gasteiger partial charge in [-0.2, -0.15) is 0 Å². The van der Waals surface area contributed by atoms with E-state index in [9.17, 15) is 0 Å². The van der Waals surface area contributed by atoms with Crippen LogP contribution in [0.15, 0.2) is 18.3 Å². The molecule has 0 aliphatic carbocycles. The van der Waals surface area contributed by atoms with E-state index in [-0.39, 0.29) is 11.6 Å². The first kappa shape index (κ1) is 12.3. The average Bonchev–Trinajstić information content (AvgIpc) is 2.28. The van der Waals surface area contributed by atoms with Gasteiger partial charge in [0.15, 0.2) is 0 Å². The Morgan fingerprint density at radius 3 is 2.94 bits per heavy atom. The number of pyridine rings is 1. The van der Waals surface area contributed by atoms with Gasteiger partial charge in [0.1, 0.15) is 5.82 Å². The highest BCUT2D eigenvalue weighted by atomic mass is 16.5. The molecule has 2 rings (SSSR count). The maximum atomic E-state index is 5.89. The standard InChI is InChI=1S/C13H21N3O/c1-10(14)11-4-5-15-12(8-11)16-6-7-17-13(2,3)9-16/h4-5,8,10H,6-7,9,14H2,1-3H3/t10-/m1/s1. The van der Waals surface area contributed by atoms with Crippen molar-refractivity contribution in [3.05, 3.63) is 23.9 Å². The van der Waals surface area contributed by atoms with Crippen molar-refractivity contribution in [2.45, 2.75) is 32.4 Å². The molecule has 0 unspecified atom stereocenters. The van der Waals surface area contributed by atoms with Crippen molar-refractivity contribution in [1.82, 2.24) is 4.98 Å². The number of anilines is 1. The maximum Gasteiger partial charge on any atom is 0.128 e. The van der Waals surface area contributed by atoms with Gasteiger partial charge in [-0.15, -0.1) is 0 Å². The third-order valence-electron chi connectivity index (χ3n) is 3.04. The number of morpholine rings is 1. The number of nitrogens with zero attached hydrogens (tertiary/aromatic N) is 2. The van der Waals surface area contributed by atoms with E-state index in [1.54, 1.807) is 0 Å². The molecule has 17 heavy (non-hydrogen) atoms. The molecular weight excluding hydrogens is 214 g/mol. The first-order chi connectivity index (χ1) is 7.98. The Morgan fingerprint density at radius 1 is 1.53 bits per heavy atom. The van der Waals surface area contributed by atoms with Gasteiger partial charge in [-0.25, -0.2) is 4.98 Å². The van der Waals surface area contributed by atoms with E-state index < -0.39 is 0 Å². The average molecular weight is 235 g/mol. The van der Waals surface area contributed by atoms with Crippen LogP contribution < -0.4 is 10.6 Å². The lowest BCUT2D eigenvalue weighted by Crippen LogP contribution is -2.48. The van der Waals surface area contributed by atoms with Crippen molar-refractivity contribution in [1.29, 1.82) is 0 Å². The van der Waals surface area contributed by atoms with Crippen LogP contribution in [-0.4, -0.2) is 30.3 Å². The molecule has 1 atom stereocenters. The molecule has 0 spiro atoms. The highest BCUT2D eigenvalue weighted by molar-refractivity contribution is 5.42. The summed E-state index contributed by atoms with van der Waals surface area (Å²) in [6.07, 6.45) is 1.83. The zero-order valence-corrected chi connectivity index (χ0v) is 10.8. The van der Waals surface area contributed by atoms with Gasteiger partial charge in [0.25, 0.3) is 0 Å². The second-order valence-corrected chi connectivity index (χ2v) is 5.27. The van der Waals surface area contributed by atoms with E-state index in [4.69, 9.17) is 10.5 Å². The van der Waals surface area contributed by atoms with Gasteiger partial charge in [0, 0.05) is 25.3 Å². The fourth-order valence-corrected chi connectivity index (χ4v) is 2.10. The Kier molecular flexibility index (Phi) is 3.35. The minimum atomic E-state index is -0.107. The van der Waals surface area contributed by atoms with Crippen LogP contribution in [0.1, 0.15) is 32.4 Å². The summed E-state index contributed by atoms with van der Waals surface area (Å²) in [5.41, 5.74) is 6.91. The van der Waals surface area contributed by atoms with Crippen LogP contribution in [0.2, 0.25) is 0 Å². The molecule has 1 aromatic heterocycles. The van der Waals surface area contributed by atoms with Crippen LogP contribution in [0.5, 0.6) is 0 Å². The van der Waals surface area contributed by atoms with Crippen molar-refractivity contribution < 1.29 is 4.74 Å². The Balaban J connectivity index is 2.19. The molecule has 1 fully saturated rings. The molecule has 0 amide bonds. The monoisotopic (exact) mass is 235 g/mol. The van der Waals surface area contributed by atoms with Crippen LogP contribution in [0.25, 0.3) is 0 Å². The van der Waals surface area contributed by atoms with Crippen molar-refractivity contribution in [3.63, 3.8) is 0 Å². The minimum absolute atomic E-state index is 0.0470. The Hall–Kier alpha value is -1.13. The number of nitrogens with two attached hydrogens (primary N) is 1. The lowest BCUT2D eigenvalue weighted by molar-refractivity contribution is -0.0279. The van der Waals surface area contributed by atoms with Gasteiger partial charge in [-0.3, -0.25) is 0 Å². The van der Waals surface area contributed by atoms with E-state index in [1.165, 1.54) is 0 Å². The topological polar surface area (TPSA) is 51.4 Å². The van der Waals surface area contributed by atoms with Gasteiger partial charge in [-0.05, 0) is 38.5 Å². The molecule has 0 bridgehead atoms. The SMILES string of the molecule is C[C@@H](N)c1ccnc(N2CCOC(C)(C)C2)c1. The molecule has 1 aromatic rings. The number of ether oxygens (including phenoxy) is 1. The molecule has 2 heterocycles. The summed E-state index contributed by atoms with van der Waals surface area (Å²) in [5, 5.41) is 0. The largest absolute Gasteiger partial charge is 0.372 e. The number of rotatable bonds is 2. The molecule has 4 nitrogen and oxygen atoms in total. The van der Waals surface area contributed by atoms with E-state index in [0.717, 1.165) is 31.1 Å². The first-order valence-corrected chi connectivity index (χ1v) is 6.08. The summed E-state index contributed by atoms with van der Waals surface area (Å²) >= 11 is 0. The lowest BCUT2D eigenvalue weighted by Gasteiger charge is -2.38. The summed E-state index contributed by atoms with van der Waals surface area (Å²) in [4.78, 5) is 6.69. The van der Waals surface area contributed by atoms with Gasteiger partial charge in [0.2, 0.25) is 0 Å². The van der Waals surface area contributed by atoms with E-state index in [0.29, 0.717) is 0 Å². The Bertz CT molecular complexity index is 390. The Morgan fingerprint density at radius 2 is 2.29 bits per heavy atom.